The third-order valence-corrected chi connectivity index (χ3v) is 3.62. The zero-order valence-corrected chi connectivity index (χ0v) is 11.5. The molecule has 20 heavy (non-hydrogen) atoms. The number of benzene rings is 1. The average Bonchev–Trinajstić information content (AvgIpc) is 3.11. The van der Waals surface area contributed by atoms with Gasteiger partial charge < -0.3 is 19.9 Å². The maximum absolute atomic E-state index is 5.74. The van der Waals surface area contributed by atoms with Gasteiger partial charge in [-0.2, -0.15) is 0 Å². The molecular formula is C15H13NO3S. The molecule has 0 atom stereocenters. The van der Waals surface area contributed by atoms with Crippen molar-refractivity contribution in [1.29, 1.82) is 0 Å². The molecule has 1 aromatic carbocycles. The fourth-order valence-corrected chi connectivity index (χ4v) is 2.52. The first-order chi connectivity index (χ1) is 9.85. The number of ether oxygens (including phenoxy) is 3. The minimum absolute atomic E-state index is 0.271. The lowest BCUT2D eigenvalue weighted by atomic mass is 10.3. The summed E-state index contributed by atoms with van der Waals surface area (Å²) in [5.41, 5.74) is 6.32. The lowest BCUT2D eigenvalue weighted by Crippen LogP contribution is -1.93. The molecule has 2 aromatic rings. The Hall–Kier alpha value is -2.16. The normalized spacial score (nSPS) is 11.8. The summed E-state index contributed by atoms with van der Waals surface area (Å²) >= 11 is 1.62. The van der Waals surface area contributed by atoms with Crippen LogP contribution < -0.4 is 19.9 Å². The molecule has 4 nitrogen and oxygen atoms in total. The quantitative estimate of drug-likeness (QED) is 0.881. The van der Waals surface area contributed by atoms with Crippen molar-refractivity contribution >= 4 is 11.3 Å². The van der Waals surface area contributed by atoms with Crippen LogP contribution in [0.1, 0.15) is 10.4 Å². The van der Waals surface area contributed by atoms with E-state index in [1.165, 1.54) is 0 Å². The molecule has 0 saturated carbocycles. The number of hydrogen-bond donors (Lipinski definition) is 1. The predicted molar refractivity (Wildman–Crippen MR) is 77.1 cm³/mol. The number of nitrogens with two attached hydrogens (primary N) is 1. The lowest BCUT2D eigenvalue weighted by molar-refractivity contribution is 0.173. The van der Waals surface area contributed by atoms with Crippen molar-refractivity contribution in [1.82, 2.24) is 0 Å². The first kappa shape index (κ1) is 12.9. The van der Waals surface area contributed by atoms with Crippen LogP contribution in [0.4, 0.5) is 0 Å². The van der Waals surface area contributed by atoms with E-state index in [4.69, 9.17) is 19.9 Å². The lowest BCUT2D eigenvalue weighted by Gasteiger charge is -2.05. The Morgan fingerprint density at radius 1 is 1.25 bits per heavy atom. The summed E-state index contributed by atoms with van der Waals surface area (Å²) in [7, 11) is 0. The van der Waals surface area contributed by atoms with Crippen molar-refractivity contribution < 1.29 is 14.2 Å². The number of thiophene rings is 1. The highest BCUT2D eigenvalue weighted by Gasteiger charge is 2.13. The second-order valence-corrected chi connectivity index (χ2v) is 5.11. The molecule has 0 bridgehead atoms. The highest BCUT2D eigenvalue weighted by molar-refractivity contribution is 7.10. The molecule has 2 N–H and O–H groups in total. The van der Waals surface area contributed by atoms with Gasteiger partial charge in [0.05, 0.1) is 6.54 Å². The van der Waals surface area contributed by atoms with Crippen LogP contribution in [0.2, 0.25) is 0 Å². The molecule has 1 aliphatic rings. The molecule has 0 radical (unpaired) electrons. The Morgan fingerprint density at radius 2 is 2.15 bits per heavy atom. The summed E-state index contributed by atoms with van der Waals surface area (Å²) in [6.07, 6.45) is 0. The third kappa shape index (κ3) is 2.87. The van der Waals surface area contributed by atoms with Gasteiger partial charge in [-0.1, -0.05) is 11.8 Å². The van der Waals surface area contributed by atoms with E-state index in [1.807, 2.05) is 29.6 Å². The molecule has 0 unspecified atom stereocenters. The summed E-state index contributed by atoms with van der Waals surface area (Å²) in [6, 6.07) is 7.58. The zero-order chi connectivity index (χ0) is 13.8. The van der Waals surface area contributed by atoms with Gasteiger partial charge >= 0.3 is 0 Å². The van der Waals surface area contributed by atoms with Crippen molar-refractivity contribution in [2.75, 3.05) is 13.3 Å². The summed E-state index contributed by atoms with van der Waals surface area (Å²) in [6.45, 7) is 1.15. The van der Waals surface area contributed by atoms with Gasteiger partial charge in [-0.15, -0.1) is 11.3 Å². The van der Waals surface area contributed by atoms with E-state index in [2.05, 4.69) is 11.8 Å². The Morgan fingerprint density at radius 3 is 3.05 bits per heavy atom. The summed E-state index contributed by atoms with van der Waals surface area (Å²) in [5.74, 6) is 8.08. The van der Waals surface area contributed by atoms with E-state index in [1.54, 1.807) is 11.3 Å². The number of rotatable bonds is 3. The monoisotopic (exact) mass is 287 g/mol. The topological polar surface area (TPSA) is 53.7 Å². The summed E-state index contributed by atoms with van der Waals surface area (Å²) in [4.78, 5) is 1.11. The molecule has 1 aromatic heterocycles. The van der Waals surface area contributed by atoms with Crippen LogP contribution >= 0.6 is 11.3 Å². The van der Waals surface area contributed by atoms with Gasteiger partial charge in [0.1, 0.15) is 12.4 Å². The zero-order valence-electron chi connectivity index (χ0n) is 10.7. The fraction of sp³-hybridized carbons (Fsp3) is 0.200. The number of fused-ring (bicyclic) bond motifs is 1. The van der Waals surface area contributed by atoms with Crippen molar-refractivity contribution in [3.8, 4) is 29.1 Å². The van der Waals surface area contributed by atoms with Crippen molar-refractivity contribution in [3.05, 3.63) is 40.1 Å². The Labute approximate surface area is 121 Å². The molecule has 0 spiro atoms. The van der Waals surface area contributed by atoms with Gasteiger partial charge in [-0.05, 0) is 18.2 Å². The van der Waals surface area contributed by atoms with Gasteiger partial charge in [0, 0.05) is 21.9 Å². The molecule has 0 fully saturated rings. The first-order valence-corrected chi connectivity index (χ1v) is 7.02. The first-order valence-electron chi connectivity index (χ1n) is 6.14. The van der Waals surface area contributed by atoms with Crippen molar-refractivity contribution in [2.24, 2.45) is 5.73 Å². The minimum Gasteiger partial charge on any atom is -0.488 e. The van der Waals surface area contributed by atoms with Crippen molar-refractivity contribution in [2.45, 2.75) is 6.61 Å². The SMILES string of the molecule is NCC#Cc1csc(COc2ccc3c(c2)OCO3)c1. The van der Waals surface area contributed by atoms with Crippen LogP contribution in [-0.4, -0.2) is 13.3 Å². The van der Waals surface area contributed by atoms with E-state index >= 15 is 0 Å². The van der Waals surface area contributed by atoms with Crippen LogP contribution in [0.25, 0.3) is 0 Å². The van der Waals surface area contributed by atoms with Crippen molar-refractivity contribution in [3.63, 3.8) is 0 Å². The van der Waals surface area contributed by atoms with Gasteiger partial charge in [0.15, 0.2) is 11.5 Å². The van der Waals surface area contributed by atoms with Gasteiger partial charge in [-0.3, -0.25) is 0 Å². The minimum atomic E-state index is 0.271. The molecule has 0 aliphatic carbocycles. The molecular weight excluding hydrogens is 274 g/mol. The smallest absolute Gasteiger partial charge is 0.231 e. The molecule has 5 heteroatoms. The highest BCUT2D eigenvalue weighted by atomic mass is 32.1. The van der Waals surface area contributed by atoms with E-state index in [-0.39, 0.29) is 6.79 Å². The maximum Gasteiger partial charge on any atom is 0.231 e. The summed E-state index contributed by atoms with van der Waals surface area (Å²) < 4.78 is 16.3. The third-order valence-electron chi connectivity index (χ3n) is 2.71. The van der Waals surface area contributed by atoms with E-state index in [0.717, 1.165) is 27.7 Å². The van der Waals surface area contributed by atoms with Crippen LogP contribution in [0.5, 0.6) is 17.2 Å². The van der Waals surface area contributed by atoms with Gasteiger partial charge in [-0.25, -0.2) is 0 Å². The van der Waals surface area contributed by atoms with Gasteiger partial charge in [0.2, 0.25) is 6.79 Å². The molecule has 3 rings (SSSR count). The van der Waals surface area contributed by atoms with E-state index in [0.29, 0.717) is 13.2 Å². The maximum atomic E-state index is 5.74. The van der Waals surface area contributed by atoms with Gasteiger partial charge in [0.25, 0.3) is 0 Å². The molecule has 2 heterocycles. The standard InChI is InChI=1S/C15H13NO3S/c16-5-1-2-11-6-13(20-9-11)8-17-12-3-4-14-15(7-12)19-10-18-14/h3-4,6-7,9H,5,8,10,16H2. The largest absolute Gasteiger partial charge is 0.488 e. The Kier molecular flexibility index (Phi) is 3.77. The van der Waals surface area contributed by atoms with Crippen LogP contribution in [0, 0.1) is 11.8 Å². The fourth-order valence-electron chi connectivity index (χ4n) is 1.80. The molecule has 0 saturated heterocycles. The average molecular weight is 287 g/mol. The molecule has 1 aliphatic heterocycles. The Balaban J connectivity index is 1.63. The van der Waals surface area contributed by atoms with E-state index in [9.17, 15) is 0 Å². The highest BCUT2D eigenvalue weighted by Crippen LogP contribution is 2.35. The summed E-state index contributed by atoms with van der Waals surface area (Å²) in [5, 5.41) is 2.00. The Bertz CT molecular complexity index is 669. The molecule has 0 amide bonds. The second kappa shape index (κ2) is 5.87. The second-order valence-electron chi connectivity index (χ2n) is 4.11. The molecule has 102 valence electrons. The van der Waals surface area contributed by atoms with Crippen LogP contribution in [-0.2, 0) is 6.61 Å². The predicted octanol–water partition coefficient (Wildman–Crippen LogP) is 2.37. The van der Waals surface area contributed by atoms with Crippen LogP contribution in [0.15, 0.2) is 29.6 Å². The van der Waals surface area contributed by atoms with E-state index < -0.39 is 0 Å². The number of hydrogen-bond acceptors (Lipinski definition) is 5. The van der Waals surface area contributed by atoms with Crippen LogP contribution in [0.3, 0.4) is 0 Å².